The number of rotatable bonds is 8. The molecule has 35 heavy (non-hydrogen) atoms. The summed E-state index contributed by atoms with van der Waals surface area (Å²) in [6.07, 6.45) is 1.41. The maximum absolute atomic E-state index is 13.5. The number of nitrogens with zero attached hydrogens (tertiary/aromatic N) is 3. The molecule has 0 aliphatic rings. The predicted molar refractivity (Wildman–Crippen MR) is 125 cm³/mol. The number of ketones is 1. The number of anilines is 1. The summed E-state index contributed by atoms with van der Waals surface area (Å²) in [5, 5.41) is 18.1. The van der Waals surface area contributed by atoms with Crippen LogP contribution >= 0.6 is 11.6 Å². The minimum absolute atomic E-state index is 0.00426. The van der Waals surface area contributed by atoms with Gasteiger partial charge in [-0.15, -0.1) is 0 Å². The summed E-state index contributed by atoms with van der Waals surface area (Å²) in [5.74, 6) is -1.90. The minimum Gasteiger partial charge on any atom is -0.464 e. The van der Waals surface area contributed by atoms with Gasteiger partial charge in [-0.2, -0.15) is 5.10 Å². The number of nitro benzene ring substituents is 1. The summed E-state index contributed by atoms with van der Waals surface area (Å²) in [5.41, 5.74) is 0.469. The second kappa shape index (κ2) is 10.1. The molecule has 0 aliphatic heterocycles. The molecule has 0 saturated heterocycles. The van der Waals surface area contributed by atoms with Gasteiger partial charge >= 0.3 is 5.69 Å². The van der Waals surface area contributed by atoms with Gasteiger partial charge < -0.3 is 10.1 Å². The summed E-state index contributed by atoms with van der Waals surface area (Å²) in [7, 11) is 0. The van der Waals surface area contributed by atoms with Crippen LogP contribution in [-0.2, 0) is 6.73 Å². The molecule has 0 aliphatic carbocycles. The molecular weight excluding hydrogens is 479 g/mol. The highest BCUT2D eigenvalue weighted by Crippen LogP contribution is 2.28. The first-order valence-electron chi connectivity index (χ1n) is 10.1. The van der Waals surface area contributed by atoms with Gasteiger partial charge in [0.15, 0.2) is 18.2 Å². The normalized spacial score (nSPS) is 10.6. The van der Waals surface area contributed by atoms with E-state index >= 15 is 0 Å². The third-order valence-electron chi connectivity index (χ3n) is 4.85. The van der Waals surface area contributed by atoms with Gasteiger partial charge in [-0.1, -0.05) is 41.9 Å². The molecule has 0 radical (unpaired) electrons. The van der Waals surface area contributed by atoms with E-state index in [1.54, 1.807) is 30.3 Å². The number of hydrogen-bond acceptors (Lipinski definition) is 6. The van der Waals surface area contributed by atoms with Crippen molar-refractivity contribution in [2.24, 2.45) is 0 Å². The lowest BCUT2D eigenvalue weighted by Gasteiger charge is -2.10. The highest BCUT2D eigenvalue weighted by Gasteiger charge is 2.19. The molecule has 3 aromatic carbocycles. The molecule has 0 atom stereocenters. The van der Waals surface area contributed by atoms with Crippen molar-refractivity contribution in [1.82, 2.24) is 9.78 Å². The molecule has 4 aromatic rings. The van der Waals surface area contributed by atoms with Gasteiger partial charge in [0.25, 0.3) is 5.91 Å². The van der Waals surface area contributed by atoms with Crippen LogP contribution in [0, 0.1) is 15.9 Å². The zero-order chi connectivity index (χ0) is 24.9. The number of nitro groups is 1. The maximum atomic E-state index is 13.5. The molecule has 0 fully saturated rings. The largest absolute Gasteiger partial charge is 0.464 e. The Bertz CT molecular complexity index is 1420. The van der Waals surface area contributed by atoms with E-state index in [9.17, 15) is 24.1 Å². The first-order chi connectivity index (χ1) is 16.8. The number of hydrogen-bond donors (Lipinski definition) is 1. The predicted octanol–water partition coefficient (Wildman–Crippen LogP) is 5.10. The van der Waals surface area contributed by atoms with Crippen LogP contribution in [0.1, 0.15) is 26.4 Å². The summed E-state index contributed by atoms with van der Waals surface area (Å²) in [6.45, 7) is -0.309. The van der Waals surface area contributed by atoms with E-state index in [1.807, 2.05) is 0 Å². The quantitative estimate of drug-likeness (QED) is 0.207. The fraction of sp³-hybridized carbons (Fsp3) is 0.0417. The minimum atomic E-state index is -0.699. The second-order valence-electron chi connectivity index (χ2n) is 7.22. The highest BCUT2D eigenvalue weighted by molar-refractivity contribution is 6.31. The molecule has 1 amide bonds. The number of benzene rings is 3. The Morgan fingerprint density at radius 1 is 1.09 bits per heavy atom. The van der Waals surface area contributed by atoms with Crippen molar-refractivity contribution in [2.45, 2.75) is 6.73 Å². The molecular formula is C24H16ClFN4O5. The molecule has 0 saturated carbocycles. The lowest BCUT2D eigenvalue weighted by atomic mass is 10.0. The van der Waals surface area contributed by atoms with Gasteiger partial charge in [-0.05, 0) is 30.3 Å². The van der Waals surface area contributed by atoms with E-state index in [0.29, 0.717) is 10.6 Å². The van der Waals surface area contributed by atoms with Crippen LogP contribution in [0.2, 0.25) is 5.02 Å². The Morgan fingerprint density at radius 2 is 1.86 bits per heavy atom. The molecule has 4 rings (SSSR count). The van der Waals surface area contributed by atoms with Gasteiger partial charge in [-0.25, -0.2) is 9.07 Å². The van der Waals surface area contributed by atoms with Crippen LogP contribution in [0.5, 0.6) is 5.75 Å². The van der Waals surface area contributed by atoms with Gasteiger partial charge in [0.05, 0.1) is 10.6 Å². The van der Waals surface area contributed by atoms with Gasteiger partial charge in [-0.3, -0.25) is 19.7 Å². The number of aromatic nitrogens is 2. The lowest BCUT2D eigenvalue weighted by Crippen LogP contribution is -2.17. The van der Waals surface area contributed by atoms with Gasteiger partial charge in [0.1, 0.15) is 5.82 Å². The maximum Gasteiger partial charge on any atom is 0.311 e. The Balaban J connectivity index is 1.49. The van der Waals surface area contributed by atoms with Crippen molar-refractivity contribution < 1.29 is 23.6 Å². The summed E-state index contributed by atoms with van der Waals surface area (Å²) < 4.78 is 20.0. The molecule has 1 heterocycles. The van der Waals surface area contributed by atoms with Gasteiger partial charge in [0, 0.05) is 34.5 Å². The molecule has 1 N–H and O–H groups in total. The monoisotopic (exact) mass is 494 g/mol. The fourth-order valence-electron chi connectivity index (χ4n) is 3.19. The van der Waals surface area contributed by atoms with E-state index in [1.165, 1.54) is 35.1 Å². The number of ether oxygens (including phenoxy) is 1. The number of carbonyl (C=O) groups is 2. The molecule has 1 aromatic heterocycles. The van der Waals surface area contributed by atoms with E-state index in [4.69, 9.17) is 16.3 Å². The summed E-state index contributed by atoms with van der Waals surface area (Å²) in [4.78, 5) is 36.1. The summed E-state index contributed by atoms with van der Waals surface area (Å²) >= 11 is 6.07. The van der Waals surface area contributed by atoms with Crippen LogP contribution in [0.4, 0.5) is 15.8 Å². The van der Waals surface area contributed by atoms with Crippen molar-refractivity contribution in [2.75, 3.05) is 5.32 Å². The molecule has 0 spiro atoms. The number of nitrogens with one attached hydrogen (secondary N) is 1. The fourth-order valence-corrected chi connectivity index (χ4v) is 3.36. The smallest absolute Gasteiger partial charge is 0.311 e. The van der Waals surface area contributed by atoms with Crippen LogP contribution in [0.3, 0.4) is 0 Å². The number of halogens is 2. The molecule has 0 bridgehead atoms. The Labute approximate surface area is 202 Å². The van der Waals surface area contributed by atoms with E-state index in [2.05, 4.69) is 10.4 Å². The summed E-state index contributed by atoms with van der Waals surface area (Å²) in [6, 6.07) is 17.3. The van der Waals surface area contributed by atoms with Crippen molar-refractivity contribution in [3.63, 3.8) is 0 Å². The van der Waals surface area contributed by atoms with Crippen molar-refractivity contribution in [1.29, 1.82) is 0 Å². The topological polar surface area (TPSA) is 116 Å². The van der Waals surface area contributed by atoms with Crippen molar-refractivity contribution in [3.8, 4) is 5.75 Å². The van der Waals surface area contributed by atoms with Crippen LogP contribution in [-0.4, -0.2) is 26.4 Å². The number of amides is 1. The van der Waals surface area contributed by atoms with Crippen LogP contribution < -0.4 is 10.1 Å². The number of carbonyl (C=O) groups excluding carboxylic acids is 2. The highest BCUT2D eigenvalue weighted by atomic mass is 35.5. The first kappa shape index (κ1) is 23.6. The Kier molecular flexibility index (Phi) is 6.83. The van der Waals surface area contributed by atoms with Gasteiger partial charge in [0.2, 0.25) is 5.75 Å². The zero-order valence-corrected chi connectivity index (χ0v) is 18.6. The average molecular weight is 495 g/mol. The first-order valence-corrected chi connectivity index (χ1v) is 10.5. The van der Waals surface area contributed by atoms with Crippen LogP contribution in [0.25, 0.3) is 0 Å². The van der Waals surface area contributed by atoms with Crippen molar-refractivity contribution >= 4 is 34.7 Å². The van der Waals surface area contributed by atoms with E-state index in [0.717, 1.165) is 18.2 Å². The third kappa shape index (κ3) is 5.50. The van der Waals surface area contributed by atoms with E-state index in [-0.39, 0.29) is 35.2 Å². The molecule has 176 valence electrons. The lowest BCUT2D eigenvalue weighted by molar-refractivity contribution is -0.386. The zero-order valence-electron chi connectivity index (χ0n) is 17.9. The Hall–Kier alpha value is -4.57. The molecule has 9 nitrogen and oxygen atoms in total. The third-order valence-corrected chi connectivity index (χ3v) is 5.09. The SMILES string of the molecule is O=C(Nc1ccc(Cl)cc1C(=O)c1ccccc1)c1ccn(COc2cc(F)ccc2[N+](=O)[O-])n1. The van der Waals surface area contributed by atoms with Crippen molar-refractivity contribution in [3.05, 3.63) is 117 Å². The van der Waals surface area contributed by atoms with Crippen LogP contribution in [0.15, 0.2) is 79.0 Å². The standard InChI is InChI=1S/C24H16ClFN4O5/c25-16-6-8-19(18(12-16)23(31)15-4-2-1-3-5-15)27-24(32)20-10-11-29(28-20)14-35-22-13-17(26)7-9-21(22)30(33)34/h1-13H,14H2,(H,27,32). The van der Waals surface area contributed by atoms with E-state index < -0.39 is 22.3 Å². The average Bonchev–Trinajstić information content (AvgIpc) is 3.33. The Morgan fingerprint density at radius 3 is 2.60 bits per heavy atom. The molecule has 11 heteroatoms. The second-order valence-corrected chi connectivity index (χ2v) is 7.66. The molecule has 0 unspecified atom stereocenters.